The molecule has 0 fully saturated rings. The Kier molecular flexibility index (Phi) is 5.06. The third-order valence-corrected chi connectivity index (χ3v) is 2.47. The summed E-state index contributed by atoms with van der Waals surface area (Å²) in [4.78, 5) is 17.1. The highest BCUT2D eigenvalue weighted by Gasteiger charge is 2.19. The number of nitrogen functional groups attached to an aromatic ring is 1. The zero-order valence-corrected chi connectivity index (χ0v) is 10.8. The van der Waals surface area contributed by atoms with E-state index in [-0.39, 0.29) is 24.5 Å². The molecule has 1 amide bonds. The average molecular weight is 309 g/mol. The number of rotatable bonds is 4. The van der Waals surface area contributed by atoms with E-state index in [1.165, 1.54) is 12.3 Å². The number of pyridine rings is 1. The van der Waals surface area contributed by atoms with Crippen LogP contribution in [0.25, 0.3) is 0 Å². The molecule has 0 aromatic carbocycles. The first-order valence-electron chi connectivity index (χ1n) is 4.79. The second kappa shape index (κ2) is 6.55. The molecule has 8 heteroatoms. The summed E-state index contributed by atoms with van der Waals surface area (Å²) in [5.74, 6) is 4.96. The number of hydrogen-bond acceptors (Lipinski definition) is 6. The van der Waals surface area contributed by atoms with Crippen molar-refractivity contribution < 1.29 is 4.79 Å². The predicted molar refractivity (Wildman–Crippen MR) is 66.9 cm³/mol. The molecule has 0 saturated carbocycles. The van der Waals surface area contributed by atoms with Crippen molar-refractivity contribution in [2.45, 2.75) is 0 Å². The summed E-state index contributed by atoms with van der Waals surface area (Å²) in [5.41, 5.74) is 2.49. The Balaban J connectivity index is 3.12. The van der Waals surface area contributed by atoms with E-state index < -0.39 is 5.91 Å². The number of amides is 1. The largest absolute Gasteiger partial charge is 0.312 e. The fourth-order valence-corrected chi connectivity index (χ4v) is 1.59. The molecule has 1 aromatic rings. The van der Waals surface area contributed by atoms with Gasteiger partial charge >= 0.3 is 0 Å². The van der Waals surface area contributed by atoms with Crippen molar-refractivity contribution in [1.29, 1.82) is 10.5 Å². The van der Waals surface area contributed by atoms with E-state index in [0.29, 0.717) is 4.47 Å². The van der Waals surface area contributed by atoms with E-state index in [1.54, 1.807) is 0 Å². The summed E-state index contributed by atoms with van der Waals surface area (Å²) in [6, 6.07) is 5.17. The number of nitriles is 2. The number of hydrogen-bond donors (Lipinski definition) is 2. The fraction of sp³-hybridized carbons (Fsp3) is 0.200. The van der Waals surface area contributed by atoms with Crippen LogP contribution >= 0.6 is 15.9 Å². The molecule has 0 unspecified atom stereocenters. The topological polar surface area (TPSA) is 119 Å². The summed E-state index contributed by atoms with van der Waals surface area (Å²) >= 11 is 3.19. The van der Waals surface area contributed by atoms with Crippen LogP contribution in [0.5, 0.6) is 0 Å². The number of hydrazine groups is 1. The predicted octanol–water partition coefficient (Wildman–Crippen LogP) is 0.619. The Hall–Kier alpha value is -2.16. The molecule has 0 radical (unpaired) electrons. The van der Waals surface area contributed by atoms with E-state index in [2.05, 4.69) is 26.3 Å². The minimum atomic E-state index is -0.486. The van der Waals surface area contributed by atoms with Gasteiger partial charge in [0.1, 0.15) is 13.1 Å². The van der Waals surface area contributed by atoms with Crippen LogP contribution in [0.3, 0.4) is 0 Å². The Morgan fingerprint density at radius 2 is 2.11 bits per heavy atom. The van der Waals surface area contributed by atoms with Crippen molar-refractivity contribution in [3.8, 4) is 12.1 Å². The average Bonchev–Trinajstić information content (AvgIpc) is 2.37. The summed E-state index contributed by atoms with van der Waals surface area (Å²) < 4.78 is 0.596. The van der Waals surface area contributed by atoms with Gasteiger partial charge in [-0.2, -0.15) is 10.5 Å². The van der Waals surface area contributed by atoms with E-state index in [4.69, 9.17) is 16.4 Å². The Labute approximate surface area is 112 Å². The molecule has 3 N–H and O–H groups in total. The van der Waals surface area contributed by atoms with Crippen LogP contribution in [0.15, 0.2) is 16.7 Å². The van der Waals surface area contributed by atoms with Gasteiger partial charge < -0.3 is 10.3 Å². The van der Waals surface area contributed by atoms with Crippen LogP contribution < -0.4 is 11.3 Å². The molecule has 92 valence electrons. The van der Waals surface area contributed by atoms with Crippen LogP contribution in [-0.4, -0.2) is 28.9 Å². The maximum absolute atomic E-state index is 12.1. The normalized spacial score (nSPS) is 9.11. The SMILES string of the molecule is N#CCN(CC#N)C(=O)c1cc(Br)cnc1NN. The summed E-state index contributed by atoms with van der Waals surface area (Å²) in [6.07, 6.45) is 1.48. The zero-order chi connectivity index (χ0) is 13.5. The second-order valence-corrected chi connectivity index (χ2v) is 4.09. The van der Waals surface area contributed by atoms with Gasteiger partial charge in [0.05, 0.1) is 17.7 Å². The minimum absolute atomic E-state index is 0.178. The highest BCUT2D eigenvalue weighted by atomic mass is 79.9. The van der Waals surface area contributed by atoms with Crippen LogP contribution in [0.2, 0.25) is 0 Å². The highest BCUT2D eigenvalue weighted by Crippen LogP contribution is 2.19. The standard InChI is InChI=1S/C10H9BrN6O/c11-7-5-8(9(16-14)15-6-7)10(18)17(3-1-12)4-2-13/h5-6H,3-4,14H2,(H,15,16). The zero-order valence-electron chi connectivity index (χ0n) is 9.22. The number of nitrogens with one attached hydrogen (secondary N) is 1. The maximum atomic E-state index is 12.1. The number of carbonyl (C=O) groups excluding carboxylic acids is 1. The summed E-state index contributed by atoms with van der Waals surface area (Å²) in [5, 5.41) is 17.2. The highest BCUT2D eigenvalue weighted by molar-refractivity contribution is 9.10. The minimum Gasteiger partial charge on any atom is -0.312 e. The molecule has 1 heterocycles. The van der Waals surface area contributed by atoms with Gasteiger partial charge in [-0.3, -0.25) is 4.79 Å². The molecule has 18 heavy (non-hydrogen) atoms. The van der Waals surface area contributed by atoms with E-state index >= 15 is 0 Å². The molecule has 0 aliphatic rings. The van der Waals surface area contributed by atoms with Crippen LogP contribution in [0.4, 0.5) is 5.82 Å². The van der Waals surface area contributed by atoms with E-state index in [9.17, 15) is 4.79 Å². The fourth-order valence-electron chi connectivity index (χ4n) is 1.26. The number of nitrogens with zero attached hydrogens (tertiary/aromatic N) is 4. The molecular weight excluding hydrogens is 300 g/mol. The molecule has 0 aliphatic heterocycles. The molecule has 0 bridgehead atoms. The number of nitrogens with two attached hydrogens (primary N) is 1. The van der Waals surface area contributed by atoms with Gasteiger partial charge in [0.25, 0.3) is 5.91 Å². The third kappa shape index (κ3) is 3.17. The number of carbonyl (C=O) groups is 1. The van der Waals surface area contributed by atoms with Crippen molar-refractivity contribution in [2.75, 3.05) is 18.5 Å². The molecule has 0 atom stereocenters. The summed E-state index contributed by atoms with van der Waals surface area (Å²) in [7, 11) is 0. The quantitative estimate of drug-likeness (QED) is 0.478. The van der Waals surface area contributed by atoms with Gasteiger partial charge in [-0.05, 0) is 22.0 Å². The molecular formula is C10H9BrN6O. The Morgan fingerprint density at radius 1 is 1.50 bits per heavy atom. The van der Waals surface area contributed by atoms with Gasteiger partial charge in [0.15, 0.2) is 5.82 Å². The van der Waals surface area contributed by atoms with Crippen molar-refractivity contribution in [3.05, 3.63) is 22.3 Å². The lowest BCUT2D eigenvalue weighted by molar-refractivity contribution is 0.0795. The smallest absolute Gasteiger partial charge is 0.259 e. The second-order valence-electron chi connectivity index (χ2n) is 3.17. The molecule has 0 spiro atoms. The van der Waals surface area contributed by atoms with Gasteiger partial charge in [-0.25, -0.2) is 10.8 Å². The van der Waals surface area contributed by atoms with Gasteiger partial charge in [0.2, 0.25) is 0 Å². The van der Waals surface area contributed by atoms with Crippen molar-refractivity contribution >= 4 is 27.7 Å². The van der Waals surface area contributed by atoms with Gasteiger partial charge in [0, 0.05) is 10.7 Å². The number of aromatic nitrogens is 1. The monoisotopic (exact) mass is 308 g/mol. The van der Waals surface area contributed by atoms with Gasteiger partial charge in [-0.1, -0.05) is 0 Å². The first-order chi connectivity index (χ1) is 8.63. The van der Waals surface area contributed by atoms with Crippen molar-refractivity contribution in [2.24, 2.45) is 5.84 Å². The van der Waals surface area contributed by atoms with E-state index in [1.807, 2.05) is 12.1 Å². The van der Waals surface area contributed by atoms with Crippen molar-refractivity contribution in [3.63, 3.8) is 0 Å². The van der Waals surface area contributed by atoms with Crippen LogP contribution in [0, 0.1) is 22.7 Å². The first kappa shape index (κ1) is 13.9. The van der Waals surface area contributed by atoms with Crippen LogP contribution in [-0.2, 0) is 0 Å². The first-order valence-corrected chi connectivity index (χ1v) is 5.58. The maximum Gasteiger partial charge on any atom is 0.259 e. The number of halogens is 1. The van der Waals surface area contributed by atoms with Crippen molar-refractivity contribution in [1.82, 2.24) is 9.88 Å². The molecule has 0 saturated heterocycles. The van der Waals surface area contributed by atoms with Gasteiger partial charge in [-0.15, -0.1) is 0 Å². The molecule has 1 rings (SSSR count). The Bertz CT molecular complexity index is 516. The van der Waals surface area contributed by atoms with Crippen LogP contribution in [0.1, 0.15) is 10.4 Å². The molecule has 7 nitrogen and oxygen atoms in total. The lowest BCUT2D eigenvalue weighted by Gasteiger charge is -2.17. The lowest BCUT2D eigenvalue weighted by Crippen LogP contribution is -2.32. The molecule has 1 aromatic heterocycles. The third-order valence-electron chi connectivity index (χ3n) is 2.03. The summed E-state index contributed by atoms with van der Waals surface area (Å²) in [6.45, 7) is -0.355. The number of anilines is 1. The van der Waals surface area contributed by atoms with E-state index in [0.717, 1.165) is 4.90 Å². The lowest BCUT2D eigenvalue weighted by atomic mass is 10.2. The molecule has 0 aliphatic carbocycles. The Morgan fingerprint density at radius 3 is 2.61 bits per heavy atom.